The normalized spacial score (nSPS) is 13.4. The molecule has 1 aromatic heterocycles. The van der Waals surface area contributed by atoms with Crippen LogP contribution in [0.25, 0.3) is 10.6 Å². The van der Waals surface area contributed by atoms with Crippen molar-refractivity contribution in [2.75, 3.05) is 6.54 Å². The van der Waals surface area contributed by atoms with E-state index in [1.807, 2.05) is 6.92 Å². The first-order chi connectivity index (χ1) is 9.91. The van der Waals surface area contributed by atoms with Crippen molar-refractivity contribution in [1.29, 1.82) is 0 Å². The summed E-state index contributed by atoms with van der Waals surface area (Å²) < 4.78 is 38.2. The molecule has 0 aliphatic rings. The van der Waals surface area contributed by atoms with E-state index < -0.39 is 11.7 Å². The summed E-state index contributed by atoms with van der Waals surface area (Å²) in [6.07, 6.45) is -1.57. The van der Waals surface area contributed by atoms with Gasteiger partial charge in [-0.25, -0.2) is 4.98 Å². The molecule has 0 aliphatic heterocycles. The van der Waals surface area contributed by atoms with E-state index in [9.17, 15) is 13.2 Å². The van der Waals surface area contributed by atoms with Gasteiger partial charge in [0, 0.05) is 22.7 Å². The SMILES string of the molecule is CCCNC(C)c1cnc(-c2cccc(C(F)(F)F)c2)s1. The monoisotopic (exact) mass is 314 g/mol. The molecule has 2 nitrogen and oxygen atoms in total. The van der Waals surface area contributed by atoms with Crippen LogP contribution in [0.15, 0.2) is 30.5 Å². The molecule has 2 rings (SSSR count). The Morgan fingerprint density at radius 2 is 2.10 bits per heavy atom. The fourth-order valence-corrected chi connectivity index (χ4v) is 2.85. The number of rotatable bonds is 5. The van der Waals surface area contributed by atoms with Crippen molar-refractivity contribution in [2.45, 2.75) is 32.5 Å². The zero-order valence-corrected chi connectivity index (χ0v) is 12.7. The molecule has 0 spiro atoms. The van der Waals surface area contributed by atoms with Crippen LogP contribution in [0.2, 0.25) is 0 Å². The Kier molecular flexibility index (Phi) is 5.00. The quantitative estimate of drug-likeness (QED) is 0.850. The zero-order valence-electron chi connectivity index (χ0n) is 11.9. The molecule has 114 valence electrons. The van der Waals surface area contributed by atoms with E-state index in [0.717, 1.165) is 30.0 Å². The summed E-state index contributed by atoms with van der Waals surface area (Å²) in [6.45, 7) is 5.01. The van der Waals surface area contributed by atoms with Crippen LogP contribution in [0, 0.1) is 0 Å². The Hall–Kier alpha value is -1.40. The maximum atomic E-state index is 12.7. The van der Waals surface area contributed by atoms with E-state index in [0.29, 0.717) is 10.6 Å². The van der Waals surface area contributed by atoms with Crippen molar-refractivity contribution in [2.24, 2.45) is 0 Å². The first kappa shape index (κ1) is 16.0. The highest BCUT2D eigenvalue weighted by Crippen LogP contribution is 2.34. The van der Waals surface area contributed by atoms with E-state index in [1.54, 1.807) is 12.3 Å². The summed E-state index contributed by atoms with van der Waals surface area (Å²) >= 11 is 1.42. The van der Waals surface area contributed by atoms with Crippen LogP contribution >= 0.6 is 11.3 Å². The third kappa shape index (κ3) is 4.04. The fraction of sp³-hybridized carbons (Fsp3) is 0.400. The molecule has 2 aromatic rings. The molecule has 1 heterocycles. The highest BCUT2D eigenvalue weighted by Gasteiger charge is 2.30. The average molecular weight is 314 g/mol. The first-order valence-electron chi connectivity index (χ1n) is 6.78. The summed E-state index contributed by atoms with van der Waals surface area (Å²) in [5.74, 6) is 0. The Balaban J connectivity index is 2.22. The molecule has 6 heteroatoms. The van der Waals surface area contributed by atoms with Gasteiger partial charge in [-0.3, -0.25) is 0 Å². The highest BCUT2D eigenvalue weighted by molar-refractivity contribution is 7.15. The van der Waals surface area contributed by atoms with Gasteiger partial charge in [0.25, 0.3) is 0 Å². The lowest BCUT2D eigenvalue weighted by Gasteiger charge is -2.10. The van der Waals surface area contributed by atoms with Gasteiger partial charge in [-0.2, -0.15) is 13.2 Å². The number of aromatic nitrogens is 1. The smallest absolute Gasteiger partial charge is 0.309 e. The maximum Gasteiger partial charge on any atom is 0.416 e. The molecule has 0 saturated heterocycles. The van der Waals surface area contributed by atoms with Gasteiger partial charge in [0.2, 0.25) is 0 Å². The van der Waals surface area contributed by atoms with E-state index >= 15 is 0 Å². The minimum absolute atomic E-state index is 0.155. The fourth-order valence-electron chi connectivity index (χ4n) is 1.91. The molecule has 1 aromatic carbocycles. The second-order valence-corrected chi connectivity index (χ2v) is 5.88. The lowest BCUT2D eigenvalue weighted by Crippen LogP contribution is -2.18. The first-order valence-corrected chi connectivity index (χ1v) is 7.60. The molecular formula is C15H17F3N2S. The van der Waals surface area contributed by atoms with Gasteiger partial charge >= 0.3 is 6.18 Å². The Morgan fingerprint density at radius 3 is 2.76 bits per heavy atom. The van der Waals surface area contributed by atoms with Gasteiger partial charge in [-0.05, 0) is 32.0 Å². The van der Waals surface area contributed by atoms with Crippen LogP contribution in [0.4, 0.5) is 13.2 Å². The van der Waals surface area contributed by atoms with Crippen LogP contribution in [0.1, 0.15) is 36.8 Å². The standard InChI is InChI=1S/C15H17F3N2S/c1-3-7-19-10(2)13-9-20-14(21-13)11-5-4-6-12(8-11)15(16,17)18/h4-6,8-10,19H,3,7H2,1-2H3. The van der Waals surface area contributed by atoms with Crippen molar-refractivity contribution in [3.8, 4) is 10.6 Å². The highest BCUT2D eigenvalue weighted by atomic mass is 32.1. The summed E-state index contributed by atoms with van der Waals surface area (Å²) in [4.78, 5) is 5.27. The number of nitrogens with one attached hydrogen (secondary N) is 1. The van der Waals surface area contributed by atoms with Gasteiger partial charge in [0.05, 0.1) is 5.56 Å². The van der Waals surface area contributed by atoms with Crippen molar-refractivity contribution in [3.05, 3.63) is 40.9 Å². The van der Waals surface area contributed by atoms with Gasteiger partial charge in [0.15, 0.2) is 0 Å². The second-order valence-electron chi connectivity index (χ2n) is 4.82. The maximum absolute atomic E-state index is 12.7. The number of hydrogen-bond donors (Lipinski definition) is 1. The van der Waals surface area contributed by atoms with Gasteiger partial charge in [0.1, 0.15) is 5.01 Å². The summed E-state index contributed by atoms with van der Waals surface area (Å²) in [5, 5.41) is 3.95. The van der Waals surface area contributed by atoms with E-state index in [-0.39, 0.29) is 6.04 Å². The number of halogens is 3. The molecule has 0 amide bonds. The third-order valence-corrected chi connectivity index (χ3v) is 4.32. The topological polar surface area (TPSA) is 24.9 Å². The molecule has 0 aliphatic carbocycles. The molecule has 21 heavy (non-hydrogen) atoms. The minimum Gasteiger partial charge on any atom is -0.309 e. The minimum atomic E-state index is -4.33. The van der Waals surface area contributed by atoms with Crippen molar-refractivity contribution in [3.63, 3.8) is 0 Å². The van der Waals surface area contributed by atoms with E-state index in [4.69, 9.17) is 0 Å². The van der Waals surface area contributed by atoms with Gasteiger partial charge in [-0.1, -0.05) is 19.1 Å². The summed E-state index contributed by atoms with van der Waals surface area (Å²) in [6, 6.07) is 5.44. The largest absolute Gasteiger partial charge is 0.416 e. The number of thiazole rings is 1. The molecule has 0 radical (unpaired) electrons. The Labute approximate surface area is 126 Å². The lowest BCUT2D eigenvalue weighted by molar-refractivity contribution is -0.137. The van der Waals surface area contributed by atoms with Crippen LogP contribution in [0.5, 0.6) is 0 Å². The molecule has 1 atom stereocenters. The van der Waals surface area contributed by atoms with Crippen LogP contribution in [0.3, 0.4) is 0 Å². The zero-order chi connectivity index (χ0) is 15.5. The lowest BCUT2D eigenvalue weighted by atomic mass is 10.1. The van der Waals surface area contributed by atoms with Gasteiger partial charge in [-0.15, -0.1) is 11.3 Å². The van der Waals surface area contributed by atoms with Crippen molar-refractivity contribution in [1.82, 2.24) is 10.3 Å². The molecule has 1 N–H and O–H groups in total. The van der Waals surface area contributed by atoms with Crippen molar-refractivity contribution < 1.29 is 13.2 Å². The number of benzene rings is 1. The van der Waals surface area contributed by atoms with E-state index in [2.05, 4.69) is 17.2 Å². The molecular weight excluding hydrogens is 297 g/mol. The van der Waals surface area contributed by atoms with E-state index in [1.165, 1.54) is 17.4 Å². The van der Waals surface area contributed by atoms with Crippen LogP contribution in [-0.4, -0.2) is 11.5 Å². The summed E-state index contributed by atoms with van der Waals surface area (Å²) in [7, 11) is 0. The third-order valence-electron chi connectivity index (χ3n) is 3.09. The number of nitrogens with zero attached hydrogens (tertiary/aromatic N) is 1. The molecule has 0 fully saturated rings. The second kappa shape index (κ2) is 6.58. The predicted molar refractivity (Wildman–Crippen MR) is 79.3 cm³/mol. The number of alkyl halides is 3. The Bertz CT molecular complexity index is 593. The molecule has 0 saturated carbocycles. The average Bonchev–Trinajstić information content (AvgIpc) is 2.94. The molecule has 0 bridgehead atoms. The van der Waals surface area contributed by atoms with Crippen LogP contribution in [-0.2, 0) is 6.18 Å². The predicted octanol–water partition coefficient (Wildman–Crippen LogP) is 4.89. The van der Waals surface area contributed by atoms with Gasteiger partial charge < -0.3 is 5.32 Å². The number of hydrogen-bond acceptors (Lipinski definition) is 3. The Morgan fingerprint density at radius 1 is 1.33 bits per heavy atom. The molecule has 1 unspecified atom stereocenters. The van der Waals surface area contributed by atoms with Crippen molar-refractivity contribution >= 4 is 11.3 Å². The summed E-state index contributed by atoms with van der Waals surface area (Å²) in [5.41, 5.74) is -0.141. The van der Waals surface area contributed by atoms with Crippen LogP contribution < -0.4 is 5.32 Å².